The third-order valence-electron chi connectivity index (χ3n) is 2.55. The van der Waals surface area contributed by atoms with Crippen LogP contribution in [0.1, 0.15) is 40.9 Å². The van der Waals surface area contributed by atoms with Crippen LogP contribution in [0.15, 0.2) is 6.07 Å². The summed E-state index contributed by atoms with van der Waals surface area (Å²) in [4.78, 5) is 12.5. The molecule has 1 heterocycles. The molecule has 0 aliphatic rings. The third-order valence-corrected chi connectivity index (χ3v) is 3.57. The molecule has 0 atom stereocenters. The number of carbonyl (C=O) groups is 1. The van der Waals surface area contributed by atoms with Crippen LogP contribution in [0.25, 0.3) is 0 Å². The van der Waals surface area contributed by atoms with Crippen molar-refractivity contribution in [2.45, 2.75) is 32.1 Å². The molecule has 3 N–H and O–H groups in total. The molecule has 0 saturated heterocycles. The number of methoxy groups -OCH3 is 1. The first-order valence-corrected chi connectivity index (χ1v) is 6.58. The summed E-state index contributed by atoms with van der Waals surface area (Å²) < 4.78 is 4.65. The minimum Gasteiger partial charge on any atom is -0.465 e. The normalized spacial score (nSPS) is 10.5. The van der Waals surface area contributed by atoms with E-state index in [-0.39, 0.29) is 12.6 Å². The standard InChI is InChI=1S/C12H19NO3S/c1-16-12(15)10-8-9(17-11(10)13)6-4-2-3-5-7-14/h8,14H,2-7,13H2,1H3. The predicted octanol–water partition coefficient (Wildman–Crippen LogP) is 2.21. The van der Waals surface area contributed by atoms with Gasteiger partial charge in [-0.3, -0.25) is 0 Å². The molecule has 0 aliphatic heterocycles. The summed E-state index contributed by atoms with van der Waals surface area (Å²) in [5.41, 5.74) is 6.23. The zero-order chi connectivity index (χ0) is 12.7. The number of aliphatic hydroxyl groups is 1. The Morgan fingerprint density at radius 1 is 1.41 bits per heavy atom. The topological polar surface area (TPSA) is 72.5 Å². The Morgan fingerprint density at radius 3 is 2.76 bits per heavy atom. The van der Waals surface area contributed by atoms with Crippen LogP contribution < -0.4 is 5.73 Å². The van der Waals surface area contributed by atoms with Gasteiger partial charge in [0.25, 0.3) is 0 Å². The van der Waals surface area contributed by atoms with Crippen molar-refractivity contribution in [1.29, 1.82) is 0 Å². The second kappa shape index (κ2) is 7.29. The molecule has 17 heavy (non-hydrogen) atoms. The van der Waals surface area contributed by atoms with Crippen LogP contribution in [0.2, 0.25) is 0 Å². The molecule has 1 aromatic heterocycles. The van der Waals surface area contributed by atoms with Crippen LogP contribution in [0.3, 0.4) is 0 Å². The van der Waals surface area contributed by atoms with E-state index in [0.717, 1.165) is 37.0 Å². The van der Waals surface area contributed by atoms with Gasteiger partial charge in [-0.25, -0.2) is 4.79 Å². The molecule has 0 spiro atoms. The van der Waals surface area contributed by atoms with E-state index in [4.69, 9.17) is 10.8 Å². The molecule has 0 fully saturated rings. The van der Waals surface area contributed by atoms with Crippen LogP contribution in [0.4, 0.5) is 5.00 Å². The SMILES string of the molecule is COC(=O)c1cc(CCCCCCO)sc1N. The van der Waals surface area contributed by atoms with Gasteiger partial charge in [0.2, 0.25) is 0 Å². The van der Waals surface area contributed by atoms with E-state index in [9.17, 15) is 4.79 Å². The van der Waals surface area contributed by atoms with Gasteiger partial charge in [0.05, 0.1) is 12.7 Å². The number of thiophene rings is 1. The minimum atomic E-state index is -0.370. The van der Waals surface area contributed by atoms with E-state index in [0.29, 0.717) is 10.6 Å². The van der Waals surface area contributed by atoms with Crippen molar-refractivity contribution < 1.29 is 14.6 Å². The number of ether oxygens (including phenoxy) is 1. The van der Waals surface area contributed by atoms with Gasteiger partial charge in [-0.1, -0.05) is 12.8 Å². The molecular formula is C12H19NO3S. The summed E-state index contributed by atoms with van der Waals surface area (Å²) >= 11 is 1.45. The number of aryl methyl sites for hydroxylation is 1. The second-order valence-corrected chi connectivity index (χ2v) is 5.04. The maximum Gasteiger partial charge on any atom is 0.340 e. The average Bonchev–Trinajstić information content (AvgIpc) is 2.69. The number of hydrogen-bond donors (Lipinski definition) is 2. The van der Waals surface area contributed by atoms with Crippen molar-refractivity contribution in [3.05, 3.63) is 16.5 Å². The molecule has 0 aromatic carbocycles. The molecule has 0 radical (unpaired) electrons. The Morgan fingerprint density at radius 2 is 2.12 bits per heavy atom. The Kier molecular flexibility index (Phi) is 6.00. The Labute approximate surface area is 105 Å². The number of esters is 1. The van der Waals surface area contributed by atoms with Gasteiger partial charge >= 0.3 is 5.97 Å². The molecule has 0 saturated carbocycles. The monoisotopic (exact) mass is 257 g/mol. The fraction of sp³-hybridized carbons (Fsp3) is 0.583. The van der Waals surface area contributed by atoms with Crippen molar-refractivity contribution in [2.75, 3.05) is 19.5 Å². The van der Waals surface area contributed by atoms with Gasteiger partial charge in [0.1, 0.15) is 5.00 Å². The van der Waals surface area contributed by atoms with Crippen molar-refractivity contribution >= 4 is 22.3 Å². The number of aliphatic hydroxyl groups excluding tert-OH is 1. The molecule has 0 aliphatic carbocycles. The molecule has 1 rings (SSSR count). The van der Waals surface area contributed by atoms with E-state index in [2.05, 4.69) is 4.74 Å². The van der Waals surface area contributed by atoms with Crippen LogP contribution in [-0.4, -0.2) is 24.8 Å². The van der Waals surface area contributed by atoms with Gasteiger partial charge in [0, 0.05) is 11.5 Å². The number of nitrogen functional groups attached to an aromatic ring is 1. The maximum absolute atomic E-state index is 11.3. The van der Waals surface area contributed by atoms with Gasteiger partial charge in [-0.15, -0.1) is 11.3 Å². The second-order valence-electron chi connectivity index (χ2n) is 3.87. The molecule has 1 aromatic rings. The summed E-state index contributed by atoms with van der Waals surface area (Å²) in [6, 6.07) is 1.82. The highest BCUT2D eigenvalue weighted by atomic mass is 32.1. The third kappa shape index (κ3) is 4.36. The van der Waals surface area contributed by atoms with Crippen molar-refractivity contribution in [3.8, 4) is 0 Å². The molecule has 0 unspecified atom stereocenters. The lowest BCUT2D eigenvalue weighted by atomic mass is 10.1. The molecular weight excluding hydrogens is 238 g/mol. The van der Waals surface area contributed by atoms with Gasteiger partial charge in [0.15, 0.2) is 0 Å². The van der Waals surface area contributed by atoms with Crippen molar-refractivity contribution in [2.24, 2.45) is 0 Å². The Bertz CT molecular complexity index is 363. The quantitative estimate of drug-likeness (QED) is 0.580. The van der Waals surface area contributed by atoms with E-state index in [1.165, 1.54) is 18.4 Å². The summed E-state index contributed by atoms with van der Waals surface area (Å²) in [5.74, 6) is -0.370. The lowest BCUT2D eigenvalue weighted by molar-refractivity contribution is 0.0602. The summed E-state index contributed by atoms with van der Waals surface area (Å²) in [6.07, 6.45) is 4.98. The number of hydrogen-bond acceptors (Lipinski definition) is 5. The maximum atomic E-state index is 11.3. The average molecular weight is 257 g/mol. The summed E-state index contributed by atoms with van der Waals surface area (Å²) in [6.45, 7) is 0.262. The Hall–Kier alpha value is -1.07. The van der Waals surface area contributed by atoms with Crippen LogP contribution in [-0.2, 0) is 11.2 Å². The van der Waals surface area contributed by atoms with Crippen molar-refractivity contribution in [3.63, 3.8) is 0 Å². The minimum absolute atomic E-state index is 0.262. The molecule has 0 amide bonds. The first kappa shape index (κ1) is 14.0. The number of anilines is 1. The number of nitrogens with two attached hydrogens (primary N) is 1. The summed E-state index contributed by atoms with van der Waals surface area (Å²) in [7, 11) is 1.36. The highest BCUT2D eigenvalue weighted by molar-refractivity contribution is 7.16. The van der Waals surface area contributed by atoms with Crippen LogP contribution in [0, 0.1) is 0 Å². The van der Waals surface area contributed by atoms with Crippen molar-refractivity contribution in [1.82, 2.24) is 0 Å². The largest absolute Gasteiger partial charge is 0.465 e. The first-order chi connectivity index (χ1) is 8.19. The van der Waals surface area contributed by atoms with E-state index < -0.39 is 0 Å². The highest BCUT2D eigenvalue weighted by Gasteiger charge is 2.13. The van der Waals surface area contributed by atoms with Gasteiger partial charge < -0.3 is 15.6 Å². The summed E-state index contributed by atoms with van der Waals surface area (Å²) in [5, 5.41) is 9.17. The zero-order valence-corrected chi connectivity index (χ0v) is 10.9. The molecule has 5 heteroatoms. The van der Waals surface area contributed by atoms with Crippen LogP contribution >= 0.6 is 11.3 Å². The number of unbranched alkanes of at least 4 members (excludes halogenated alkanes) is 3. The van der Waals surface area contributed by atoms with E-state index in [1.807, 2.05) is 6.07 Å². The molecule has 0 bridgehead atoms. The fourth-order valence-electron chi connectivity index (χ4n) is 1.62. The number of carbonyl (C=O) groups excluding carboxylic acids is 1. The molecule has 4 nitrogen and oxygen atoms in total. The lowest BCUT2D eigenvalue weighted by Gasteiger charge is -1.97. The zero-order valence-electron chi connectivity index (χ0n) is 10.1. The molecule has 96 valence electrons. The number of rotatable bonds is 7. The fourth-order valence-corrected chi connectivity index (χ4v) is 2.57. The van der Waals surface area contributed by atoms with Gasteiger partial charge in [-0.05, 0) is 25.3 Å². The van der Waals surface area contributed by atoms with Crippen LogP contribution in [0.5, 0.6) is 0 Å². The predicted molar refractivity (Wildman–Crippen MR) is 69.3 cm³/mol. The Balaban J connectivity index is 2.42. The van der Waals surface area contributed by atoms with E-state index in [1.54, 1.807) is 0 Å². The smallest absolute Gasteiger partial charge is 0.340 e. The lowest BCUT2D eigenvalue weighted by Crippen LogP contribution is -2.01. The first-order valence-electron chi connectivity index (χ1n) is 5.76. The van der Waals surface area contributed by atoms with E-state index >= 15 is 0 Å². The van der Waals surface area contributed by atoms with Gasteiger partial charge in [-0.2, -0.15) is 0 Å². The highest BCUT2D eigenvalue weighted by Crippen LogP contribution is 2.27.